The average Bonchev–Trinajstić information content (AvgIpc) is 3.06. The summed E-state index contributed by atoms with van der Waals surface area (Å²) in [6.07, 6.45) is 0. The summed E-state index contributed by atoms with van der Waals surface area (Å²) in [6.45, 7) is 7.40. The van der Waals surface area contributed by atoms with Crippen molar-refractivity contribution in [2.75, 3.05) is 5.32 Å². The molecule has 1 atom stereocenters. The molecule has 0 aliphatic carbocycles. The Labute approximate surface area is 157 Å². The third-order valence-corrected chi connectivity index (χ3v) is 4.45. The number of fused-ring (bicyclic) bond motifs is 2. The SMILES string of the molecule is CC1=C(C(=O)OC(C)(C)C)C(c2cccc3ccccc23)n2nnnc2N1. The number of carbonyl (C=O) groups excluding carboxylic acids is 1. The summed E-state index contributed by atoms with van der Waals surface area (Å²) < 4.78 is 7.32. The largest absolute Gasteiger partial charge is 0.456 e. The molecular weight excluding hydrogens is 342 g/mol. The van der Waals surface area contributed by atoms with Gasteiger partial charge in [0, 0.05) is 5.70 Å². The number of tetrazole rings is 1. The molecule has 0 fully saturated rings. The van der Waals surface area contributed by atoms with Crippen LogP contribution in [0.3, 0.4) is 0 Å². The summed E-state index contributed by atoms with van der Waals surface area (Å²) in [5.74, 6) is 0.115. The molecule has 0 radical (unpaired) electrons. The first-order valence-corrected chi connectivity index (χ1v) is 8.82. The van der Waals surface area contributed by atoms with Gasteiger partial charge < -0.3 is 10.1 Å². The highest BCUT2D eigenvalue weighted by Gasteiger charge is 2.37. The van der Waals surface area contributed by atoms with Gasteiger partial charge in [-0.15, -0.1) is 0 Å². The molecule has 2 heterocycles. The van der Waals surface area contributed by atoms with E-state index >= 15 is 0 Å². The Kier molecular flexibility index (Phi) is 3.95. The topological polar surface area (TPSA) is 81.9 Å². The lowest BCUT2D eigenvalue weighted by atomic mass is 9.91. The highest BCUT2D eigenvalue weighted by molar-refractivity contribution is 5.95. The molecule has 7 heteroatoms. The number of rotatable bonds is 2. The van der Waals surface area contributed by atoms with E-state index in [1.807, 2.05) is 70.2 Å². The van der Waals surface area contributed by atoms with Crippen molar-refractivity contribution in [2.45, 2.75) is 39.3 Å². The van der Waals surface area contributed by atoms with Crippen LogP contribution >= 0.6 is 0 Å². The fourth-order valence-corrected chi connectivity index (χ4v) is 3.39. The number of ether oxygens (including phenoxy) is 1. The number of aromatic nitrogens is 4. The van der Waals surface area contributed by atoms with Crippen molar-refractivity contribution in [1.82, 2.24) is 20.2 Å². The number of nitrogens with zero attached hydrogens (tertiary/aromatic N) is 4. The fraction of sp³-hybridized carbons (Fsp3) is 0.300. The average molecular weight is 363 g/mol. The van der Waals surface area contributed by atoms with E-state index < -0.39 is 11.6 Å². The van der Waals surface area contributed by atoms with Gasteiger partial charge in [-0.1, -0.05) is 47.6 Å². The van der Waals surface area contributed by atoms with Crippen molar-refractivity contribution < 1.29 is 9.53 Å². The van der Waals surface area contributed by atoms with Crippen LogP contribution in [0.25, 0.3) is 10.8 Å². The lowest BCUT2D eigenvalue weighted by molar-refractivity contribution is -0.150. The Balaban J connectivity index is 1.93. The molecule has 1 aliphatic rings. The maximum atomic E-state index is 13.1. The van der Waals surface area contributed by atoms with Crippen LogP contribution in [-0.2, 0) is 9.53 Å². The first-order chi connectivity index (χ1) is 12.8. The molecule has 4 rings (SSSR count). The Morgan fingerprint density at radius 3 is 2.67 bits per heavy atom. The van der Waals surface area contributed by atoms with Crippen molar-refractivity contribution in [3.63, 3.8) is 0 Å². The summed E-state index contributed by atoms with van der Waals surface area (Å²) >= 11 is 0. The van der Waals surface area contributed by atoms with Crippen molar-refractivity contribution in [2.24, 2.45) is 0 Å². The number of hydrogen-bond donors (Lipinski definition) is 1. The second-order valence-electron chi connectivity index (χ2n) is 7.58. The van der Waals surface area contributed by atoms with Crippen LogP contribution in [0.4, 0.5) is 5.95 Å². The third kappa shape index (κ3) is 3.05. The Hall–Kier alpha value is -3.22. The normalized spacial score (nSPS) is 16.8. The molecule has 7 nitrogen and oxygen atoms in total. The van der Waals surface area contributed by atoms with Gasteiger partial charge in [-0.3, -0.25) is 0 Å². The smallest absolute Gasteiger partial charge is 0.338 e. The minimum atomic E-state index is -0.603. The molecule has 3 aromatic rings. The number of benzene rings is 2. The number of hydrogen-bond acceptors (Lipinski definition) is 6. The molecular formula is C20H21N5O2. The van der Waals surface area contributed by atoms with Gasteiger partial charge in [-0.25, -0.2) is 4.79 Å². The minimum absolute atomic E-state index is 0.383. The monoisotopic (exact) mass is 363 g/mol. The predicted octanol–water partition coefficient (Wildman–Crippen LogP) is 3.46. The van der Waals surface area contributed by atoms with Crippen LogP contribution in [-0.4, -0.2) is 31.8 Å². The molecule has 0 saturated heterocycles. The molecule has 1 aliphatic heterocycles. The lowest BCUT2D eigenvalue weighted by Crippen LogP contribution is -2.33. The maximum absolute atomic E-state index is 13.1. The van der Waals surface area contributed by atoms with Crippen LogP contribution in [0.15, 0.2) is 53.7 Å². The van der Waals surface area contributed by atoms with Crippen molar-refractivity contribution in [1.29, 1.82) is 0 Å². The van der Waals surface area contributed by atoms with Crippen LogP contribution in [0.1, 0.15) is 39.3 Å². The zero-order chi connectivity index (χ0) is 19.2. The van der Waals surface area contributed by atoms with Crippen LogP contribution in [0.2, 0.25) is 0 Å². The van der Waals surface area contributed by atoms with E-state index in [-0.39, 0.29) is 5.97 Å². The highest BCUT2D eigenvalue weighted by atomic mass is 16.6. The number of carbonyl (C=O) groups is 1. The molecule has 138 valence electrons. The molecule has 0 saturated carbocycles. The van der Waals surface area contributed by atoms with E-state index in [9.17, 15) is 4.79 Å². The molecule has 0 bridgehead atoms. The van der Waals surface area contributed by atoms with Crippen molar-refractivity contribution in [3.05, 3.63) is 59.3 Å². The van der Waals surface area contributed by atoms with Gasteiger partial charge in [-0.05, 0) is 54.5 Å². The van der Waals surface area contributed by atoms with Gasteiger partial charge in [-0.2, -0.15) is 4.68 Å². The van der Waals surface area contributed by atoms with Gasteiger partial charge >= 0.3 is 5.97 Å². The number of allylic oxidation sites excluding steroid dienone is 1. The summed E-state index contributed by atoms with van der Waals surface area (Å²) in [7, 11) is 0. The van der Waals surface area contributed by atoms with Crippen molar-refractivity contribution >= 4 is 22.7 Å². The van der Waals surface area contributed by atoms with Crippen molar-refractivity contribution in [3.8, 4) is 0 Å². The lowest BCUT2D eigenvalue weighted by Gasteiger charge is -2.30. The van der Waals surface area contributed by atoms with Gasteiger partial charge in [0.25, 0.3) is 0 Å². The standard InChI is InChI=1S/C20H21N5O2/c1-12-16(18(26)27-20(2,3)4)17(25-19(21-12)22-23-24-25)15-11-7-9-13-8-5-6-10-14(13)15/h5-11,17H,1-4H3,(H,21,22,24). The number of esters is 1. The number of anilines is 1. The summed E-state index contributed by atoms with van der Waals surface area (Å²) in [6, 6.07) is 13.6. The Bertz CT molecular complexity index is 1060. The van der Waals surface area contributed by atoms with Gasteiger partial charge in [0.1, 0.15) is 11.6 Å². The van der Waals surface area contributed by atoms with Crippen LogP contribution < -0.4 is 5.32 Å². The van der Waals surface area contributed by atoms with E-state index in [0.29, 0.717) is 17.2 Å². The second-order valence-corrected chi connectivity index (χ2v) is 7.58. The van der Waals surface area contributed by atoms with E-state index in [1.54, 1.807) is 4.68 Å². The molecule has 0 amide bonds. The van der Waals surface area contributed by atoms with E-state index in [1.165, 1.54) is 0 Å². The molecule has 1 unspecified atom stereocenters. The molecule has 1 aromatic heterocycles. The molecule has 27 heavy (non-hydrogen) atoms. The quantitative estimate of drug-likeness (QED) is 0.702. The van der Waals surface area contributed by atoms with Gasteiger partial charge in [0.05, 0.1) is 5.57 Å². The minimum Gasteiger partial charge on any atom is -0.456 e. The summed E-state index contributed by atoms with van der Waals surface area (Å²) in [5, 5.41) is 17.2. The Morgan fingerprint density at radius 1 is 1.15 bits per heavy atom. The molecule has 0 spiro atoms. The highest BCUT2D eigenvalue weighted by Crippen LogP contribution is 2.38. The fourth-order valence-electron chi connectivity index (χ4n) is 3.39. The molecule has 2 aromatic carbocycles. The third-order valence-electron chi connectivity index (χ3n) is 4.45. The maximum Gasteiger partial charge on any atom is 0.338 e. The van der Waals surface area contributed by atoms with E-state index in [0.717, 1.165) is 16.3 Å². The Morgan fingerprint density at radius 2 is 1.89 bits per heavy atom. The van der Waals surface area contributed by atoms with E-state index in [2.05, 4.69) is 20.8 Å². The zero-order valence-electron chi connectivity index (χ0n) is 15.7. The second kappa shape index (κ2) is 6.19. The van der Waals surface area contributed by atoms with E-state index in [4.69, 9.17) is 4.74 Å². The molecule has 1 N–H and O–H groups in total. The summed E-state index contributed by atoms with van der Waals surface area (Å²) in [5.41, 5.74) is 1.53. The first kappa shape index (κ1) is 17.2. The first-order valence-electron chi connectivity index (χ1n) is 8.82. The predicted molar refractivity (Wildman–Crippen MR) is 102 cm³/mol. The zero-order valence-corrected chi connectivity index (χ0v) is 15.7. The van der Waals surface area contributed by atoms with Gasteiger partial charge in [0.2, 0.25) is 5.95 Å². The summed E-state index contributed by atoms with van der Waals surface area (Å²) in [4.78, 5) is 13.1. The van der Waals surface area contributed by atoms with Gasteiger partial charge in [0.15, 0.2) is 0 Å². The number of nitrogens with one attached hydrogen (secondary N) is 1. The van der Waals surface area contributed by atoms with Crippen LogP contribution in [0, 0.1) is 0 Å². The van der Waals surface area contributed by atoms with Crippen LogP contribution in [0.5, 0.6) is 0 Å².